The van der Waals surface area contributed by atoms with Gasteiger partial charge >= 0.3 is 0 Å². The molecule has 2 heterocycles. The molecular formula is C21H29N5O2S. The molecule has 0 aliphatic carbocycles. The Bertz CT molecular complexity index is 1040. The van der Waals surface area contributed by atoms with Crippen molar-refractivity contribution in [1.29, 1.82) is 5.26 Å². The van der Waals surface area contributed by atoms with Crippen LogP contribution in [0.25, 0.3) is 0 Å². The molecule has 0 spiro atoms. The third-order valence-electron chi connectivity index (χ3n) is 5.28. The van der Waals surface area contributed by atoms with E-state index in [1.807, 2.05) is 45.9 Å². The molecule has 8 heteroatoms. The number of rotatable bonds is 3. The van der Waals surface area contributed by atoms with Crippen molar-refractivity contribution in [2.45, 2.75) is 51.5 Å². The highest BCUT2D eigenvalue weighted by Crippen LogP contribution is 2.29. The molecule has 1 aliphatic heterocycles. The zero-order chi connectivity index (χ0) is 21.4. The lowest BCUT2D eigenvalue weighted by Crippen LogP contribution is -2.36. The summed E-state index contributed by atoms with van der Waals surface area (Å²) in [5.41, 5.74) is 2.39. The molecule has 2 aromatic rings. The first-order valence-electron chi connectivity index (χ1n) is 9.88. The van der Waals surface area contributed by atoms with Crippen molar-refractivity contribution in [3.8, 4) is 6.07 Å². The summed E-state index contributed by atoms with van der Waals surface area (Å²) in [6.45, 7) is 11.7. The smallest absolute Gasteiger partial charge is 0.246 e. The van der Waals surface area contributed by atoms with Gasteiger partial charge in [-0.25, -0.2) is 8.42 Å². The van der Waals surface area contributed by atoms with Gasteiger partial charge in [0.1, 0.15) is 11.0 Å². The first-order chi connectivity index (χ1) is 13.6. The maximum Gasteiger partial charge on any atom is 0.246 e. The molecule has 0 atom stereocenters. The average Bonchev–Trinajstić information content (AvgIpc) is 2.84. The molecule has 0 N–H and O–H groups in total. The van der Waals surface area contributed by atoms with Crippen LogP contribution in [-0.2, 0) is 15.6 Å². The molecule has 1 fully saturated rings. The topological polar surface area (TPSA) is 82.2 Å². The molecule has 1 aliphatic rings. The van der Waals surface area contributed by atoms with Crippen LogP contribution in [-0.4, -0.2) is 48.7 Å². The molecule has 0 amide bonds. The number of aryl methyl sites for hydroxylation is 1. The highest BCUT2D eigenvalue weighted by atomic mass is 32.2. The van der Waals surface area contributed by atoms with Gasteiger partial charge in [-0.1, -0.05) is 12.1 Å². The van der Waals surface area contributed by atoms with Crippen LogP contribution in [0, 0.1) is 25.2 Å². The Morgan fingerprint density at radius 2 is 1.76 bits per heavy atom. The maximum atomic E-state index is 13.5. The average molecular weight is 416 g/mol. The van der Waals surface area contributed by atoms with Crippen LogP contribution in [0.5, 0.6) is 0 Å². The number of nitriles is 1. The Hall–Kier alpha value is -2.37. The van der Waals surface area contributed by atoms with Crippen LogP contribution in [0.15, 0.2) is 29.2 Å². The Balaban J connectivity index is 1.89. The van der Waals surface area contributed by atoms with Gasteiger partial charge < -0.3 is 4.90 Å². The molecule has 156 valence electrons. The minimum atomic E-state index is -3.65. The zero-order valence-corrected chi connectivity index (χ0v) is 18.6. The van der Waals surface area contributed by atoms with Crippen molar-refractivity contribution >= 4 is 15.7 Å². The van der Waals surface area contributed by atoms with Gasteiger partial charge in [-0.05, 0) is 53.2 Å². The molecule has 0 unspecified atom stereocenters. The van der Waals surface area contributed by atoms with Crippen molar-refractivity contribution in [2.24, 2.45) is 0 Å². The molecule has 0 radical (unpaired) electrons. The van der Waals surface area contributed by atoms with Crippen molar-refractivity contribution in [3.63, 3.8) is 0 Å². The van der Waals surface area contributed by atoms with Crippen LogP contribution < -0.4 is 4.90 Å². The van der Waals surface area contributed by atoms with E-state index in [0.29, 0.717) is 54.4 Å². The lowest BCUT2D eigenvalue weighted by molar-refractivity contribution is 0.345. The van der Waals surface area contributed by atoms with Crippen molar-refractivity contribution in [1.82, 2.24) is 14.1 Å². The fourth-order valence-corrected chi connectivity index (χ4v) is 5.83. The quantitative estimate of drug-likeness (QED) is 0.770. The summed E-state index contributed by atoms with van der Waals surface area (Å²) in [6.07, 6.45) is 0.699. The Kier molecular flexibility index (Phi) is 5.74. The highest BCUT2D eigenvalue weighted by molar-refractivity contribution is 7.89. The van der Waals surface area contributed by atoms with Crippen molar-refractivity contribution in [2.75, 3.05) is 31.1 Å². The monoisotopic (exact) mass is 415 g/mol. The van der Waals surface area contributed by atoms with Gasteiger partial charge in [-0.15, -0.1) is 0 Å². The lowest BCUT2D eigenvalue weighted by Gasteiger charge is -2.24. The van der Waals surface area contributed by atoms with Crippen molar-refractivity contribution in [3.05, 3.63) is 41.2 Å². The summed E-state index contributed by atoms with van der Waals surface area (Å²) in [7, 11) is -3.65. The third kappa shape index (κ3) is 4.02. The number of sulfonamides is 1. The normalized spacial score (nSPS) is 16.5. The summed E-state index contributed by atoms with van der Waals surface area (Å²) in [6, 6.07) is 9.69. The van der Waals surface area contributed by atoms with E-state index in [1.54, 1.807) is 22.0 Å². The summed E-state index contributed by atoms with van der Waals surface area (Å²) >= 11 is 0. The number of hydrogen-bond donors (Lipinski definition) is 0. The van der Waals surface area contributed by atoms with E-state index in [0.717, 1.165) is 5.69 Å². The third-order valence-corrected chi connectivity index (χ3v) is 7.43. The first-order valence-corrected chi connectivity index (χ1v) is 11.3. The van der Waals surface area contributed by atoms with E-state index < -0.39 is 10.0 Å². The van der Waals surface area contributed by atoms with Crippen LogP contribution in [0.2, 0.25) is 0 Å². The predicted molar refractivity (Wildman–Crippen MR) is 113 cm³/mol. The molecule has 0 bridgehead atoms. The summed E-state index contributed by atoms with van der Waals surface area (Å²) in [4.78, 5) is 2.42. The van der Waals surface area contributed by atoms with Crippen LogP contribution in [0.4, 0.5) is 5.69 Å². The zero-order valence-electron chi connectivity index (χ0n) is 17.8. The summed E-state index contributed by atoms with van der Waals surface area (Å²) < 4.78 is 30.3. The minimum Gasteiger partial charge on any atom is -0.369 e. The Morgan fingerprint density at radius 3 is 2.38 bits per heavy atom. The Morgan fingerprint density at radius 1 is 1.07 bits per heavy atom. The fourth-order valence-electron chi connectivity index (χ4n) is 4.00. The largest absolute Gasteiger partial charge is 0.369 e. The fraction of sp³-hybridized carbons (Fsp3) is 0.524. The van der Waals surface area contributed by atoms with E-state index in [2.05, 4.69) is 16.1 Å². The van der Waals surface area contributed by atoms with Gasteiger partial charge in [-0.3, -0.25) is 4.68 Å². The second-order valence-electron chi connectivity index (χ2n) is 8.46. The standard InChI is InChI=1S/C21H29N5O2S/c1-16-20(17(2)26(23-16)21(3,4)5)29(27,28)25-12-8-11-24(13-14-25)19-10-7-6-9-18(19)15-22/h6-7,9-10H,8,11-14H2,1-5H3. The van der Waals surface area contributed by atoms with Crippen LogP contribution >= 0.6 is 0 Å². The molecule has 1 aromatic heterocycles. The van der Waals surface area contributed by atoms with Crippen LogP contribution in [0.3, 0.4) is 0 Å². The molecule has 3 rings (SSSR count). The number of benzene rings is 1. The van der Waals surface area contributed by atoms with Crippen LogP contribution in [0.1, 0.15) is 44.1 Å². The highest BCUT2D eigenvalue weighted by Gasteiger charge is 2.34. The van der Waals surface area contributed by atoms with Gasteiger partial charge in [-0.2, -0.15) is 14.7 Å². The predicted octanol–water partition coefficient (Wildman–Crippen LogP) is 3.03. The summed E-state index contributed by atoms with van der Waals surface area (Å²) in [5.74, 6) is 0. The SMILES string of the molecule is Cc1nn(C(C)(C)C)c(C)c1S(=O)(=O)N1CCCN(c2ccccc2C#N)CC1. The van der Waals surface area contributed by atoms with Gasteiger partial charge in [0.2, 0.25) is 10.0 Å². The van der Waals surface area contributed by atoms with E-state index in [4.69, 9.17) is 0 Å². The van der Waals surface area contributed by atoms with E-state index >= 15 is 0 Å². The maximum absolute atomic E-state index is 13.5. The van der Waals surface area contributed by atoms with Gasteiger partial charge in [0.25, 0.3) is 0 Å². The molecule has 0 saturated carbocycles. The van der Waals surface area contributed by atoms with Gasteiger partial charge in [0, 0.05) is 26.2 Å². The molecule has 29 heavy (non-hydrogen) atoms. The van der Waals surface area contributed by atoms with E-state index in [1.165, 1.54) is 0 Å². The number of anilines is 1. The van der Waals surface area contributed by atoms with Gasteiger partial charge in [0.15, 0.2) is 0 Å². The number of aromatic nitrogens is 2. The minimum absolute atomic E-state index is 0.292. The Labute approximate surface area is 173 Å². The number of para-hydroxylation sites is 1. The number of hydrogen-bond acceptors (Lipinski definition) is 5. The van der Waals surface area contributed by atoms with Gasteiger partial charge in [0.05, 0.1) is 28.2 Å². The van der Waals surface area contributed by atoms with Crippen molar-refractivity contribution < 1.29 is 8.42 Å². The summed E-state index contributed by atoms with van der Waals surface area (Å²) in [5, 5.41) is 13.9. The number of nitrogens with zero attached hydrogens (tertiary/aromatic N) is 5. The van der Waals surface area contributed by atoms with E-state index in [-0.39, 0.29) is 5.54 Å². The molecule has 1 saturated heterocycles. The van der Waals surface area contributed by atoms with E-state index in [9.17, 15) is 13.7 Å². The molecule has 7 nitrogen and oxygen atoms in total. The lowest BCUT2D eigenvalue weighted by atomic mass is 10.1. The first kappa shape index (κ1) is 21.3. The second kappa shape index (κ2) is 7.81. The molecular weight excluding hydrogens is 386 g/mol. The molecule has 1 aromatic carbocycles. The second-order valence-corrected chi connectivity index (χ2v) is 10.3.